The van der Waals surface area contributed by atoms with E-state index in [9.17, 15) is 78.0 Å². The van der Waals surface area contributed by atoms with Gasteiger partial charge in [0.1, 0.15) is 24.4 Å². The highest BCUT2D eigenvalue weighted by Crippen LogP contribution is 2.12. The first-order chi connectivity index (χ1) is 33.5. The van der Waals surface area contributed by atoms with Crippen molar-refractivity contribution in [3.63, 3.8) is 0 Å². The maximum absolute atomic E-state index is 13.3. The molecule has 0 spiro atoms. The Hall–Kier alpha value is -7.10. The maximum atomic E-state index is 13.3. The number of carboxylic acid groups (broad SMARTS) is 6. The van der Waals surface area contributed by atoms with Gasteiger partial charge in [0.2, 0.25) is 17.7 Å². The summed E-state index contributed by atoms with van der Waals surface area (Å²) < 4.78 is 0. The molecule has 1 aromatic rings. The van der Waals surface area contributed by atoms with E-state index in [0.29, 0.717) is 43.1 Å². The number of hydrogen-bond acceptors (Lipinski definition) is 16. The van der Waals surface area contributed by atoms with Crippen LogP contribution < -0.4 is 26.6 Å². The van der Waals surface area contributed by atoms with E-state index in [1.54, 1.807) is 12.1 Å². The van der Waals surface area contributed by atoms with E-state index in [-0.39, 0.29) is 84.0 Å². The molecule has 5 atom stereocenters. The lowest BCUT2D eigenvalue weighted by Gasteiger charge is -2.25. The second-order valence-corrected chi connectivity index (χ2v) is 16.3. The monoisotopic (exact) mass is 1010 g/mol. The van der Waals surface area contributed by atoms with E-state index >= 15 is 0 Å². The summed E-state index contributed by atoms with van der Waals surface area (Å²) in [6, 6.07) is 2.10. The molecule has 0 saturated heterocycles. The van der Waals surface area contributed by atoms with Crippen LogP contribution in [-0.2, 0) is 59.3 Å². The lowest BCUT2D eigenvalue weighted by Crippen LogP contribution is -2.49. The molecule has 0 aliphatic rings. The second-order valence-electron chi connectivity index (χ2n) is 16.3. The van der Waals surface area contributed by atoms with Crippen molar-refractivity contribution in [2.75, 3.05) is 45.8 Å². The van der Waals surface area contributed by atoms with Crippen LogP contribution in [0.1, 0.15) is 99.4 Å². The van der Waals surface area contributed by atoms with E-state index in [1.165, 1.54) is 12.1 Å². The summed E-state index contributed by atoms with van der Waals surface area (Å²) in [5.41, 5.74) is 1.02. The van der Waals surface area contributed by atoms with Crippen molar-refractivity contribution in [2.24, 2.45) is 0 Å². The average molecular weight is 1010 g/mol. The number of carboxylic acids is 6. The molecule has 396 valence electrons. The number of nitrogens with zero attached hydrogens (tertiary/aromatic N) is 2. The van der Waals surface area contributed by atoms with Crippen molar-refractivity contribution in [1.29, 1.82) is 0 Å². The Balaban J connectivity index is 2.74. The number of aldehydes is 1. The van der Waals surface area contributed by atoms with Crippen LogP contribution in [0.25, 0.3) is 0 Å². The molecule has 0 aliphatic carbocycles. The SMILES string of the molecule is O=Cc1ccc(CNC(=O)C(O)C(O)C(=O)NCCCCCCC(=O)NC(CCC(=O)NCCCCC(C(=O)O)N(CC(=O)O)CC(=O)O)C(=O)NCCCCC(C(=O)O)N(CC(=O)O)CC(=O)O)cc1. The highest BCUT2D eigenvalue weighted by molar-refractivity contribution is 5.91. The zero-order valence-corrected chi connectivity index (χ0v) is 39.0. The first-order valence-corrected chi connectivity index (χ1v) is 22.7. The van der Waals surface area contributed by atoms with Crippen LogP contribution in [0, 0.1) is 0 Å². The molecule has 0 aliphatic heterocycles. The zero-order valence-electron chi connectivity index (χ0n) is 39.0. The molecule has 5 unspecified atom stereocenters. The summed E-state index contributed by atoms with van der Waals surface area (Å²) in [5.74, 6) is -12.4. The van der Waals surface area contributed by atoms with Crippen molar-refractivity contribution < 1.29 is 98.4 Å². The zero-order chi connectivity index (χ0) is 53.5. The Labute approximate surface area is 407 Å². The van der Waals surface area contributed by atoms with E-state index in [4.69, 9.17) is 20.4 Å². The smallest absolute Gasteiger partial charge is 0.320 e. The van der Waals surface area contributed by atoms with Gasteiger partial charge in [0, 0.05) is 44.6 Å². The first kappa shape index (κ1) is 61.9. The van der Waals surface area contributed by atoms with Crippen LogP contribution in [0.4, 0.5) is 0 Å². The molecule has 27 nitrogen and oxygen atoms in total. The topological polar surface area (TPSA) is 433 Å². The fourth-order valence-electron chi connectivity index (χ4n) is 6.93. The number of aliphatic carboxylic acids is 6. The molecule has 0 aromatic heterocycles. The fraction of sp³-hybridized carbons (Fsp3) is 0.591. The second kappa shape index (κ2) is 34.2. The number of unbranched alkanes of at least 4 members (excludes halogenated alkanes) is 5. The minimum absolute atomic E-state index is 0.0324. The molecule has 71 heavy (non-hydrogen) atoms. The summed E-state index contributed by atoms with van der Waals surface area (Å²) in [6.45, 7) is -3.33. The van der Waals surface area contributed by atoms with Crippen molar-refractivity contribution in [2.45, 2.75) is 120 Å². The van der Waals surface area contributed by atoms with Crippen molar-refractivity contribution in [3.8, 4) is 0 Å². The number of nitrogens with one attached hydrogen (secondary N) is 5. The number of aliphatic hydroxyl groups is 2. The Kier molecular flexibility index (Phi) is 29.9. The van der Waals surface area contributed by atoms with E-state index < -0.39 is 122 Å². The third-order valence-electron chi connectivity index (χ3n) is 10.6. The predicted molar refractivity (Wildman–Crippen MR) is 243 cm³/mol. The largest absolute Gasteiger partial charge is 0.480 e. The molecular weight excluding hydrogens is 947 g/mol. The Bertz CT molecular complexity index is 1940. The van der Waals surface area contributed by atoms with Crippen LogP contribution in [0.3, 0.4) is 0 Å². The van der Waals surface area contributed by atoms with Gasteiger partial charge < -0.3 is 67.4 Å². The number of amides is 5. The summed E-state index contributed by atoms with van der Waals surface area (Å²) in [7, 11) is 0. The molecule has 13 N–H and O–H groups in total. The summed E-state index contributed by atoms with van der Waals surface area (Å²) in [5, 5.41) is 88.5. The van der Waals surface area contributed by atoms with Gasteiger partial charge in [-0.2, -0.15) is 0 Å². The van der Waals surface area contributed by atoms with Gasteiger partial charge in [0.05, 0.1) is 26.2 Å². The minimum atomic E-state index is -2.06. The molecule has 0 radical (unpaired) electrons. The predicted octanol–water partition coefficient (Wildman–Crippen LogP) is -2.41. The van der Waals surface area contributed by atoms with Gasteiger partial charge in [0.15, 0.2) is 12.2 Å². The third kappa shape index (κ3) is 27.0. The standard InChI is InChI=1S/C44H65N7O20/c52-26-28-14-12-27(13-15-28)21-48-42(67)39(64)38(63)41(66)47-19-6-2-1-3-11-33(54)49-29(40(65)46-20-8-5-10-31(44(70)71)51(24-36(59)60)25-37(61)62)16-17-32(53)45-18-7-4-9-30(43(68)69)50(22-34(55)56)23-35(57)58/h12-15,26,29-31,38-39,63-64H,1-11,16-25H2,(H,45,53)(H,46,65)(H,47,66)(H,48,67)(H,49,54)(H,55,56)(H,57,58)(H,59,60)(H,61,62)(H,68,69)(H,70,71). The Morgan fingerprint density at radius 3 is 1.35 bits per heavy atom. The molecule has 0 fully saturated rings. The van der Waals surface area contributed by atoms with Gasteiger partial charge in [-0.1, -0.05) is 37.1 Å². The van der Waals surface area contributed by atoms with Crippen LogP contribution in [0.5, 0.6) is 0 Å². The van der Waals surface area contributed by atoms with Crippen molar-refractivity contribution >= 4 is 71.6 Å². The summed E-state index contributed by atoms with van der Waals surface area (Å²) in [6.07, 6.45) is -1.97. The number of aliphatic hydroxyl groups excluding tert-OH is 2. The maximum Gasteiger partial charge on any atom is 0.320 e. The lowest BCUT2D eigenvalue weighted by atomic mass is 10.1. The molecule has 0 heterocycles. The van der Waals surface area contributed by atoms with Crippen molar-refractivity contribution in [3.05, 3.63) is 35.4 Å². The average Bonchev–Trinajstić information content (AvgIpc) is 3.29. The van der Waals surface area contributed by atoms with Gasteiger partial charge in [0.25, 0.3) is 11.8 Å². The Morgan fingerprint density at radius 1 is 0.479 bits per heavy atom. The van der Waals surface area contributed by atoms with Crippen LogP contribution in [0.15, 0.2) is 24.3 Å². The van der Waals surface area contributed by atoms with Crippen LogP contribution in [0.2, 0.25) is 0 Å². The first-order valence-electron chi connectivity index (χ1n) is 22.7. The Morgan fingerprint density at radius 2 is 0.901 bits per heavy atom. The number of carbonyl (C=O) groups is 12. The van der Waals surface area contributed by atoms with E-state index in [2.05, 4.69) is 26.6 Å². The minimum Gasteiger partial charge on any atom is -0.480 e. The van der Waals surface area contributed by atoms with Crippen LogP contribution >= 0.6 is 0 Å². The number of hydrogen-bond donors (Lipinski definition) is 13. The summed E-state index contributed by atoms with van der Waals surface area (Å²) >= 11 is 0. The number of benzene rings is 1. The highest BCUT2D eigenvalue weighted by Gasteiger charge is 2.32. The van der Waals surface area contributed by atoms with Gasteiger partial charge in [-0.05, 0) is 63.4 Å². The van der Waals surface area contributed by atoms with Crippen LogP contribution in [-0.4, -0.2) is 198 Å². The molecule has 1 rings (SSSR count). The van der Waals surface area contributed by atoms with Gasteiger partial charge >= 0.3 is 35.8 Å². The molecular formula is C44H65N7O20. The normalized spacial score (nSPS) is 13.1. The quantitative estimate of drug-likeness (QED) is 0.0240. The van der Waals surface area contributed by atoms with Gasteiger partial charge in [-0.15, -0.1) is 0 Å². The van der Waals surface area contributed by atoms with E-state index in [0.717, 1.165) is 9.80 Å². The van der Waals surface area contributed by atoms with Gasteiger partial charge in [-0.25, -0.2) is 0 Å². The fourth-order valence-corrected chi connectivity index (χ4v) is 6.93. The van der Waals surface area contributed by atoms with Crippen molar-refractivity contribution in [1.82, 2.24) is 36.4 Å². The molecule has 0 saturated carbocycles. The lowest BCUT2D eigenvalue weighted by molar-refractivity contribution is -0.152. The molecule has 27 heteroatoms. The number of carbonyl (C=O) groups excluding carboxylic acids is 6. The molecule has 5 amide bonds. The van der Waals surface area contributed by atoms with E-state index in [1.807, 2.05) is 0 Å². The number of rotatable bonds is 40. The summed E-state index contributed by atoms with van der Waals surface area (Å²) in [4.78, 5) is 144. The molecule has 0 bridgehead atoms. The van der Waals surface area contributed by atoms with Gasteiger partial charge in [-0.3, -0.25) is 67.3 Å². The highest BCUT2D eigenvalue weighted by atomic mass is 16.4. The third-order valence-corrected chi connectivity index (χ3v) is 10.6. The molecule has 1 aromatic carbocycles.